The predicted octanol–water partition coefficient (Wildman–Crippen LogP) is 4.52. The van der Waals surface area contributed by atoms with Crippen LogP contribution in [0.15, 0.2) is 45.9 Å². The average molecular weight is 548 g/mol. The number of carbonyl (C=O) groups excluding carboxylic acids is 3. The lowest BCUT2D eigenvalue weighted by molar-refractivity contribution is -0.138. The Kier molecular flexibility index (Phi) is 10.6. The van der Waals surface area contributed by atoms with E-state index in [2.05, 4.69) is 20.9 Å². The van der Waals surface area contributed by atoms with Crippen LogP contribution in [0.3, 0.4) is 0 Å². The number of hydrogen-bond donors (Lipinski definition) is 1. The van der Waals surface area contributed by atoms with Gasteiger partial charge in [-0.05, 0) is 29.8 Å². The molecule has 0 fully saturated rings. The molecular weight excluding hydrogens is 518 g/mol. The van der Waals surface area contributed by atoms with Crippen molar-refractivity contribution >= 4 is 39.9 Å². The second-order valence-corrected chi connectivity index (χ2v) is 9.45. The van der Waals surface area contributed by atoms with Crippen molar-refractivity contribution < 1.29 is 33.7 Å². The van der Waals surface area contributed by atoms with Crippen LogP contribution in [-0.2, 0) is 25.5 Å². The molecule has 35 heavy (non-hydrogen) atoms. The summed E-state index contributed by atoms with van der Waals surface area (Å²) in [7, 11) is 1.42. The molecule has 0 saturated carbocycles. The minimum Gasteiger partial charge on any atom is -0.504 e. The number of methoxy groups -OCH3 is 1. The van der Waals surface area contributed by atoms with Crippen molar-refractivity contribution in [1.82, 2.24) is 0 Å². The maximum absolute atomic E-state index is 12.7. The van der Waals surface area contributed by atoms with Crippen molar-refractivity contribution in [1.29, 1.82) is 0 Å². The maximum Gasteiger partial charge on any atom is 0.313 e. The Labute approximate surface area is 213 Å². The number of rotatable bonds is 11. The molecule has 9 heteroatoms. The molecule has 1 atom stereocenters. The predicted molar refractivity (Wildman–Crippen MR) is 135 cm³/mol. The minimum atomic E-state index is -0.797. The van der Waals surface area contributed by atoms with Gasteiger partial charge in [0.05, 0.1) is 11.8 Å². The molecule has 0 aliphatic rings. The number of benzene rings is 2. The smallest absolute Gasteiger partial charge is 0.313 e. The van der Waals surface area contributed by atoms with Crippen LogP contribution in [-0.4, -0.2) is 48.8 Å². The summed E-state index contributed by atoms with van der Waals surface area (Å²) >= 11 is 3.30. The summed E-state index contributed by atoms with van der Waals surface area (Å²) in [5.74, 6) is -1.60. The van der Waals surface area contributed by atoms with Gasteiger partial charge in [-0.2, -0.15) is 0 Å². The van der Waals surface area contributed by atoms with Gasteiger partial charge in [0.15, 0.2) is 17.3 Å². The zero-order valence-corrected chi connectivity index (χ0v) is 22.0. The number of ether oxygens (including phenoxy) is 3. The standard InChI is InChI=1S/C26H30BrNO7/c1-15(2)25(31)34-20-8-6-17(7-9-20)10-21(23(30)14-33-5)28-13-18-11-19(27)12-22(29)24(18)35-26(32)16(3)4/h6-9,11-13,15-16,21,29H,10,14H2,1-5H3. The molecule has 0 bridgehead atoms. The van der Waals surface area contributed by atoms with Crippen LogP contribution in [0.5, 0.6) is 17.2 Å². The molecule has 0 saturated heterocycles. The SMILES string of the molecule is COCC(=O)C(Cc1ccc(OC(=O)C(C)C)cc1)N=Cc1cc(Br)cc(O)c1OC(=O)C(C)C. The summed E-state index contributed by atoms with van der Waals surface area (Å²) in [6.07, 6.45) is 1.66. The van der Waals surface area contributed by atoms with E-state index in [1.54, 1.807) is 58.0 Å². The number of esters is 2. The maximum atomic E-state index is 12.7. The zero-order valence-electron chi connectivity index (χ0n) is 20.4. The minimum absolute atomic E-state index is 0.0371. The van der Waals surface area contributed by atoms with Gasteiger partial charge in [0.25, 0.3) is 0 Å². The summed E-state index contributed by atoms with van der Waals surface area (Å²) in [4.78, 5) is 41.0. The van der Waals surface area contributed by atoms with Gasteiger partial charge in [-0.3, -0.25) is 19.4 Å². The molecule has 2 aromatic carbocycles. The van der Waals surface area contributed by atoms with Crippen LogP contribution in [0.25, 0.3) is 0 Å². The number of hydrogen-bond acceptors (Lipinski definition) is 8. The number of nitrogens with zero attached hydrogens (tertiary/aromatic N) is 1. The van der Waals surface area contributed by atoms with Gasteiger partial charge in [0.1, 0.15) is 18.4 Å². The van der Waals surface area contributed by atoms with Crippen LogP contribution in [0.2, 0.25) is 0 Å². The van der Waals surface area contributed by atoms with Crippen molar-refractivity contribution in [3.8, 4) is 17.2 Å². The number of phenolic OH excluding ortho intramolecular Hbond substituents is 1. The highest BCUT2D eigenvalue weighted by Crippen LogP contribution is 2.33. The molecule has 0 aliphatic carbocycles. The average Bonchev–Trinajstić information content (AvgIpc) is 2.79. The quantitative estimate of drug-likeness (QED) is 0.250. The molecule has 8 nitrogen and oxygen atoms in total. The summed E-state index contributed by atoms with van der Waals surface area (Å²) in [6, 6.07) is 9.07. The van der Waals surface area contributed by atoms with E-state index in [0.29, 0.717) is 15.8 Å². The van der Waals surface area contributed by atoms with Gasteiger partial charge in [-0.25, -0.2) is 0 Å². The number of aromatic hydroxyl groups is 1. The van der Waals surface area contributed by atoms with Crippen LogP contribution >= 0.6 is 15.9 Å². The fraction of sp³-hybridized carbons (Fsp3) is 0.385. The van der Waals surface area contributed by atoms with Gasteiger partial charge in [0, 0.05) is 29.8 Å². The summed E-state index contributed by atoms with van der Waals surface area (Å²) < 4.78 is 16.2. The van der Waals surface area contributed by atoms with Gasteiger partial charge in [-0.1, -0.05) is 55.8 Å². The molecule has 1 N–H and O–H groups in total. The number of ketones is 1. The highest BCUT2D eigenvalue weighted by atomic mass is 79.9. The van der Waals surface area contributed by atoms with Crippen LogP contribution < -0.4 is 9.47 Å². The Bertz CT molecular complexity index is 1080. The first-order valence-corrected chi connectivity index (χ1v) is 11.9. The third-order valence-corrected chi connectivity index (χ3v) is 5.29. The first kappa shape index (κ1) is 28.2. The molecule has 0 heterocycles. The number of halogens is 1. The first-order chi connectivity index (χ1) is 16.5. The molecule has 0 aliphatic heterocycles. The third kappa shape index (κ3) is 8.60. The molecular formula is C26H30BrNO7. The Morgan fingerprint density at radius 1 is 1.00 bits per heavy atom. The lowest BCUT2D eigenvalue weighted by Crippen LogP contribution is -2.25. The summed E-state index contributed by atoms with van der Waals surface area (Å²) in [6.45, 7) is 6.73. The molecule has 0 radical (unpaired) electrons. The first-order valence-electron chi connectivity index (χ1n) is 11.1. The molecule has 2 rings (SSSR count). The van der Waals surface area contributed by atoms with E-state index in [4.69, 9.17) is 14.2 Å². The van der Waals surface area contributed by atoms with Crippen molar-refractivity contribution in [2.45, 2.75) is 40.2 Å². The largest absolute Gasteiger partial charge is 0.504 e. The lowest BCUT2D eigenvalue weighted by Gasteiger charge is -2.14. The van der Waals surface area contributed by atoms with Crippen molar-refractivity contribution in [2.24, 2.45) is 16.8 Å². The second-order valence-electron chi connectivity index (χ2n) is 8.54. The Morgan fingerprint density at radius 2 is 1.60 bits per heavy atom. The monoisotopic (exact) mass is 547 g/mol. The number of aliphatic imine (C=N–C) groups is 1. The van der Waals surface area contributed by atoms with Gasteiger partial charge in [0.2, 0.25) is 0 Å². The molecule has 0 amide bonds. The number of Topliss-reactive ketones (excluding diaryl/α,β-unsaturated/α-hetero) is 1. The van der Waals surface area contributed by atoms with E-state index in [9.17, 15) is 19.5 Å². The van der Waals surface area contributed by atoms with Crippen LogP contribution in [0.1, 0.15) is 38.8 Å². The third-order valence-electron chi connectivity index (χ3n) is 4.83. The molecule has 0 aromatic heterocycles. The normalized spacial score (nSPS) is 12.2. The van der Waals surface area contributed by atoms with Crippen LogP contribution in [0, 0.1) is 11.8 Å². The van der Waals surface area contributed by atoms with E-state index in [-0.39, 0.29) is 42.2 Å². The summed E-state index contributed by atoms with van der Waals surface area (Å²) in [5.41, 5.74) is 1.13. The Hall–Kier alpha value is -3.04. The second kappa shape index (κ2) is 13.2. The van der Waals surface area contributed by atoms with E-state index >= 15 is 0 Å². The molecule has 188 valence electrons. The Morgan fingerprint density at radius 3 is 2.17 bits per heavy atom. The molecule has 1 unspecified atom stereocenters. The fourth-order valence-electron chi connectivity index (χ4n) is 2.83. The fourth-order valence-corrected chi connectivity index (χ4v) is 3.30. The van der Waals surface area contributed by atoms with Crippen molar-refractivity contribution in [2.75, 3.05) is 13.7 Å². The molecule has 2 aromatic rings. The summed E-state index contributed by atoms with van der Waals surface area (Å²) in [5, 5.41) is 10.3. The van der Waals surface area contributed by atoms with Gasteiger partial charge in [-0.15, -0.1) is 0 Å². The van der Waals surface area contributed by atoms with E-state index < -0.39 is 17.9 Å². The molecule has 0 spiro atoms. The van der Waals surface area contributed by atoms with Crippen molar-refractivity contribution in [3.05, 3.63) is 52.0 Å². The number of phenols is 1. The van der Waals surface area contributed by atoms with E-state index in [1.807, 2.05) is 0 Å². The lowest BCUT2D eigenvalue weighted by atomic mass is 10.0. The Balaban J connectivity index is 2.30. The van der Waals surface area contributed by atoms with Gasteiger partial charge < -0.3 is 19.3 Å². The number of carbonyl (C=O) groups is 3. The highest BCUT2D eigenvalue weighted by molar-refractivity contribution is 9.10. The van der Waals surface area contributed by atoms with Crippen LogP contribution in [0.4, 0.5) is 0 Å². The van der Waals surface area contributed by atoms with Crippen molar-refractivity contribution in [3.63, 3.8) is 0 Å². The van der Waals surface area contributed by atoms with E-state index in [1.165, 1.54) is 19.4 Å². The van der Waals surface area contributed by atoms with E-state index in [0.717, 1.165) is 5.56 Å². The highest BCUT2D eigenvalue weighted by Gasteiger charge is 2.20. The van der Waals surface area contributed by atoms with Gasteiger partial charge >= 0.3 is 11.9 Å². The zero-order chi connectivity index (χ0) is 26.1. The topological polar surface area (TPSA) is 111 Å².